The number of anilines is 2. The van der Waals surface area contributed by atoms with E-state index in [0.29, 0.717) is 54.3 Å². The summed E-state index contributed by atoms with van der Waals surface area (Å²) in [6, 6.07) is 21.3. The molecule has 0 fully saturated rings. The number of carbonyl (C=O) groups excluding carboxylic acids is 4. The molecule has 66 heavy (non-hydrogen) atoms. The molecular weight excluding hydrogens is 904 g/mol. The van der Waals surface area contributed by atoms with Gasteiger partial charge in [0, 0.05) is 24.2 Å². The maximum atomic E-state index is 12.5. The molecule has 4 rings (SSSR count). The molecule has 0 aliphatic rings. The summed E-state index contributed by atoms with van der Waals surface area (Å²) in [5, 5.41) is 36.9. The number of hydrogen-bond acceptors (Lipinski definition) is 10. The smallest absolute Gasteiger partial charge is 0.343 e. The Kier molecular flexibility index (Phi) is 22.5. The molecule has 0 radical (unpaired) electrons. The molecular formula is C53H75BrN2O10. The van der Waals surface area contributed by atoms with Gasteiger partial charge in [0.2, 0.25) is 11.8 Å². The van der Waals surface area contributed by atoms with E-state index in [0.717, 1.165) is 33.4 Å². The van der Waals surface area contributed by atoms with Gasteiger partial charge in [-0.15, -0.1) is 0 Å². The highest BCUT2D eigenvalue weighted by molar-refractivity contribution is 9.09. The molecule has 13 heteroatoms. The normalized spacial score (nSPS) is 11.3. The van der Waals surface area contributed by atoms with Crippen LogP contribution in [0.2, 0.25) is 0 Å². The molecule has 364 valence electrons. The highest BCUT2D eigenvalue weighted by Gasteiger charge is 2.28. The number of nitrogens with one attached hydrogen (secondary N) is 2. The van der Waals surface area contributed by atoms with Gasteiger partial charge in [-0.1, -0.05) is 131 Å². The first-order valence-corrected chi connectivity index (χ1v) is 22.7. The van der Waals surface area contributed by atoms with E-state index in [1.807, 2.05) is 24.3 Å². The molecule has 4 aromatic rings. The number of benzene rings is 4. The van der Waals surface area contributed by atoms with Crippen molar-refractivity contribution in [2.45, 2.75) is 138 Å². The number of hydrogen-bond donors (Lipinski definition) is 5. The Morgan fingerprint density at radius 3 is 1.12 bits per heavy atom. The maximum Gasteiger partial charge on any atom is 0.343 e. The molecule has 0 spiro atoms. The van der Waals surface area contributed by atoms with Crippen molar-refractivity contribution in [3.05, 3.63) is 106 Å². The molecule has 5 N–H and O–H groups in total. The number of phenolic OH excluding ortho intramolecular Hbond substituents is 3. The minimum absolute atomic E-state index is 0. The number of methoxy groups -OCH3 is 2. The fourth-order valence-corrected chi connectivity index (χ4v) is 6.59. The zero-order valence-corrected chi connectivity index (χ0v) is 42.3. The van der Waals surface area contributed by atoms with Gasteiger partial charge in [0.15, 0.2) is 6.61 Å². The summed E-state index contributed by atoms with van der Waals surface area (Å²) in [5.74, 6) is 0.499. The first-order chi connectivity index (χ1) is 30.0. The molecule has 2 amide bonds. The first-order valence-electron chi connectivity index (χ1n) is 21.5. The van der Waals surface area contributed by atoms with E-state index < -0.39 is 5.97 Å². The molecule has 0 aliphatic carbocycles. The first kappa shape index (κ1) is 58.5. The molecule has 4 aromatic carbocycles. The zero-order chi connectivity index (χ0) is 49.5. The average Bonchev–Trinajstić information content (AvgIpc) is 3.21. The van der Waals surface area contributed by atoms with Crippen molar-refractivity contribution in [2.24, 2.45) is 0 Å². The van der Waals surface area contributed by atoms with Crippen LogP contribution in [0.4, 0.5) is 11.4 Å². The number of alkyl halides is 1. The summed E-state index contributed by atoms with van der Waals surface area (Å²) < 4.78 is 14.1. The maximum absolute atomic E-state index is 12.5. The lowest BCUT2D eigenvalue weighted by Crippen LogP contribution is -2.18. The van der Waals surface area contributed by atoms with E-state index in [1.54, 1.807) is 48.5 Å². The van der Waals surface area contributed by atoms with E-state index in [1.165, 1.54) is 14.2 Å². The second-order valence-corrected chi connectivity index (χ2v) is 20.4. The van der Waals surface area contributed by atoms with Crippen molar-refractivity contribution >= 4 is 51.1 Å². The third-order valence-corrected chi connectivity index (χ3v) is 10.5. The van der Waals surface area contributed by atoms with Crippen LogP contribution in [-0.2, 0) is 63.2 Å². The minimum atomic E-state index is -0.458. The molecule has 0 heterocycles. The van der Waals surface area contributed by atoms with Gasteiger partial charge < -0.3 is 40.2 Å². The van der Waals surface area contributed by atoms with Gasteiger partial charge in [-0.2, -0.15) is 0 Å². The molecule has 12 nitrogen and oxygen atoms in total. The molecule has 0 aromatic heterocycles. The van der Waals surface area contributed by atoms with Crippen molar-refractivity contribution in [2.75, 3.05) is 36.8 Å². The van der Waals surface area contributed by atoms with Crippen LogP contribution in [0, 0.1) is 0 Å². The standard InChI is InChI=1S/C26H35NO5.C23H31NO3.C3H5BrO2.CH4/c1-25(2,3)20-14-17(15-21(24(20)30)26(4,5)6)8-13-22(28)27-18-9-11-19(12-10-18)32-16-23(29)31-7;1-22(2,3)18-13-15(14-19(21(18)27)23(4,5)6)7-12-20(26)24-16-8-10-17(25)11-9-16;1-6-3(5)2-4;/h9-12,14-15,30H,8,13,16H2,1-7H3,(H,27,28);8-11,13-14,25,27H,7,12H2,1-6H3,(H,24,26);2H2,1H3;1H4. The molecule has 0 atom stereocenters. The zero-order valence-electron chi connectivity index (χ0n) is 40.7. The SMILES string of the molecule is C.CC(C)(C)c1cc(CCC(=O)Nc2ccc(O)cc2)cc(C(C)(C)C)c1O.COC(=O)CBr.COC(=O)COc1ccc(NC(=O)CCc2cc(C(C)(C)C)c(O)c(C(C)(C)C)c2)cc1. The van der Waals surface area contributed by atoms with Crippen LogP contribution in [0.15, 0.2) is 72.8 Å². The second kappa shape index (κ2) is 25.4. The Morgan fingerprint density at radius 1 is 0.530 bits per heavy atom. The highest BCUT2D eigenvalue weighted by Crippen LogP contribution is 2.41. The van der Waals surface area contributed by atoms with Crippen molar-refractivity contribution in [1.82, 2.24) is 0 Å². The molecule has 0 bridgehead atoms. The fourth-order valence-electron chi connectivity index (χ4n) is 6.36. The topological polar surface area (TPSA) is 181 Å². The number of amides is 2. The summed E-state index contributed by atoms with van der Waals surface area (Å²) in [5.41, 5.74) is 6.19. The number of halogens is 1. The van der Waals surface area contributed by atoms with Crippen LogP contribution in [0.5, 0.6) is 23.0 Å². The van der Waals surface area contributed by atoms with Gasteiger partial charge in [-0.25, -0.2) is 4.79 Å². The van der Waals surface area contributed by atoms with E-state index in [9.17, 15) is 34.5 Å². The third kappa shape index (κ3) is 19.5. The Labute approximate surface area is 402 Å². The number of phenols is 3. The van der Waals surface area contributed by atoms with Gasteiger partial charge in [-0.05, 0) is 116 Å². The molecule has 0 aliphatic heterocycles. The average molecular weight is 980 g/mol. The van der Waals surface area contributed by atoms with Crippen molar-refractivity contribution in [3.8, 4) is 23.0 Å². The van der Waals surface area contributed by atoms with Gasteiger partial charge in [0.1, 0.15) is 28.3 Å². The van der Waals surface area contributed by atoms with Crippen molar-refractivity contribution in [1.29, 1.82) is 0 Å². The van der Waals surface area contributed by atoms with Crippen LogP contribution in [0.3, 0.4) is 0 Å². The van der Waals surface area contributed by atoms with Crippen LogP contribution in [-0.4, -0.2) is 65.2 Å². The quantitative estimate of drug-likeness (QED) is 0.0521. The number of ether oxygens (including phenoxy) is 3. The predicted molar refractivity (Wildman–Crippen MR) is 270 cm³/mol. The second-order valence-electron chi connectivity index (χ2n) is 19.8. The summed E-state index contributed by atoms with van der Waals surface area (Å²) in [4.78, 5) is 45.8. The van der Waals surface area contributed by atoms with Crippen molar-refractivity contribution < 1.29 is 48.7 Å². The number of aryl methyl sites for hydroxylation is 2. The number of carbonyl (C=O) groups is 4. The molecule has 0 unspecified atom stereocenters. The number of esters is 2. The predicted octanol–water partition coefficient (Wildman–Crippen LogP) is 11.6. The summed E-state index contributed by atoms with van der Waals surface area (Å²) in [6.45, 7) is 24.7. The van der Waals surface area contributed by atoms with Crippen LogP contribution >= 0.6 is 15.9 Å². The van der Waals surface area contributed by atoms with Gasteiger partial charge >= 0.3 is 11.9 Å². The van der Waals surface area contributed by atoms with Gasteiger partial charge in [0.25, 0.3) is 0 Å². The van der Waals surface area contributed by atoms with E-state index in [-0.39, 0.29) is 64.6 Å². The number of rotatable bonds is 12. The van der Waals surface area contributed by atoms with Crippen LogP contribution in [0.1, 0.15) is 137 Å². The summed E-state index contributed by atoms with van der Waals surface area (Å²) in [6.07, 6.45) is 1.83. The third-order valence-electron chi connectivity index (χ3n) is 10.1. The lowest BCUT2D eigenvalue weighted by molar-refractivity contribution is -0.143. The monoisotopic (exact) mass is 978 g/mol. The van der Waals surface area contributed by atoms with Gasteiger partial charge in [0.05, 0.1) is 14.2 Å². The lowest BCUT2D eigenvalue weighted by atomic mass is 9.78. The highest BCUT2D eigenvalue weighted by atomic mass is 79.9. The fraction of sp³-hybridized carbons (Fsp3) is 0.472. The lowest BCUT2D eigenvalue weighted by Gasteiger charge is -2.28. The van der Waals surface area contributed by atoms with E-state index in [4.69, 9.17) is 4.74 Å². The summed E-state index contributed by atoms with van der Waals surface area (Å²) >= 11 is 2.90. The van der Waals surface area contributed by atoms with E-state index in [2.05, 4.69) is 119 Å². The van der Waals surface area contributed by atoms with Crippen molar-refractivity contribution in [3.63, 3.8) is 0 Å². The minimum Gasteiger partial charge on any atom is -0.508 e. The van der Waals surface area contributed by atoms with Crippen LogP contribution < -0.4 is 15.4 Å². The van der Waals surface area contributed by atoms with Gasteiger partial charge in [-0.3, -0.25) is 14.4 Å². The largest absolute Gasteiger partial charge is 0.508 e. The number of aromatic hydroxyl groups is 3. The Bertz CT molecular complexity index is 2130. The Morgan fingerprint density at radius 2 is 0.848 bits per heavy atom. The van der Waals surface area contributed by atoms with E-state index >= 15 is 0 Å². The summed E-state index contributed by atoms with van der Waals surface area (Å²) in [7, 11) is 2.65. The Hall–Kier alpha value is -5.56. The molecule has 0 saturated heterocycles. The van der Waals surface area contributed by atoms with Crippen LogP contribution in [0.25, 0.3) is 0 Å². The molecule has 0 saturated carbocycles. The Balaban J connectivity index is 0.000000585.